The maximum absolute atomic E-state index is 4.80. The lowest BCUT2D eigenvalue weighted by Gasteiger charge is -2.18. The Morgan fingerprint density at radius 3 is 2.61 bits per heavy atom. The van der Waals surface area contributed by atoms with Gasteiger partial charge in [0.25, 0.3) is 0 Å². The van der Waals surface area contributed by atoms with Crippen LogP contribution in [0.5, 0.6) is 0 Å². The number of imidazole rings is 1. The molecule has 0 radical (unpaired) electrons. The van der Waals surface area contributed by atoms with Gasteiger partial charge in [0.1, 0.15) is 12.4 Å². The van der Waals surface area contributed by atoms with Crippen LogP contribution >= 0.6 is 24.0 Å². The number of hydrogen-bond acceptors (Lipinski definition) is 3. The largest absolute Gasteiger partial charge is 0.357 e. The average Bonchev–Trinajstić information content (AvgIpc) is 3.32. The van der Waals surface area contributed by atoms with E-state index < -0.39 is 0 Å². The number of guanidine groups is 1. The summed E-state index contributed by atoms with van der Waals surface area (Å²) in [4.78, 5) is 9.34. The summed E-state index contributed by atoms with van der Waals surface area (Å²) in [5.41, 5.74) is 4.99. The highest BCUT2D eigenvalue weighted by Gasteiger charge is 2.14. The van der Waals surface area contributed by atoms with Crippen LogP contribution in [-0.4, -0.2) is 37.9 Å². The van der Waals surface area contributed by atoms with Crippen LogP contribution in [0.2, 0.25) is 0 Å². The van der Waals surface area contributed by atoms with Crippen LogP contribution in [0.15, 0.2) is 47.7 Å². The monoisotopic (exact) mass is 563 g/mol. The summed E-state index contributed by atoms with van der Waals surface area (Å²) in [6.45, 7) is 10.8. The van der Waals surface area contributed by atoms with E-state index in [2.05, 4.69) is 83.3 Å². The molecular weight excluding hydrogens is 525 g/mol. The zero-order chi connectivity index (χ0) is 22.9. The van der Waals surface area contributed by atoms with Crippen molar-refractivity contribution in [2.24, 2.45) is 12.0 Å². The Labute approximate surface area is 215 Å². The van der Waals surface area contributed by atoms with E-state index >= 15 is 0 Å². The van der Waals surface area contributed by atoms with Gasteiger partial charge in [-0.15, -0.1) is 24.0 Å². The number of benzene rings is 1. The van der Waals surface area contributed by atoms with E-state index in [1.54, 1.807) is 0 Å². The lowest BCUT2D eigenvalue weighted by Crippen LogP contribution is -2.43. The molecular formula is C25H38IN7. The molecule has 0 bridgehead atoms. The first-order valence-electron chi connectivity index (χ1n) is 11.6. The van der Waals surface area contributed by atoms with Crippen LogP contribution in [0, 0.1) is 13.8 Å². The van der Waals surface area contributed by atoms with Gasteiger partial charge in [0.2, 0.25) is 0 Å². The molecule has 0 aliphatic carbocycles. The molecule has 3 aromatic rings. The first-order valence-corrected chi connectivity index (χ1v) is 11.6. The highest BCUT2D eigenvalue weighted by Crippen LogP contribution is 2.14. The van der Waals surface area contributed by atoms with Crippen molar-refractivity contribution in [3.05, 3.63) is 71.1 Å². The molecule has 0 aliphatic rings. The Bertz CT molecular complexity index is 1010. The molecule has 1 atom stereocenters. The van der Waals surface area contributed by atoms with Gasteiger partial charge in [0.05, 0.1) is 5.69 Å². The van der Waals surface area contributed by atoms with Gasteiger partial charge < -0.3 is 15.2 Å². The summed E-state index contributed by atoms with van der Waals surface area (Å²) >= 11 is 0. The Kier molecular flexibility index (Phi) is 10.9. The lowest BCUT2D eigenvalue weighted by atomic mass is 10.1. The van der Waals surface area contributed by atoms with Crippen LogP contribution in [0.1, 0.15) is 48.6 Å². The number of aryl methyl sites for hydroxylation is 4. The SMILES string of the molecule is CCNC(=NCc1nccn1CCCc1ccccc1)NC(C)Cc1c(C)nn(C)c1C.I. The van der Waals surface area contributed by atoms with E-state index in [0.717, 1.165) is 49.8 Å². The Morgan fingerprint density at radius 1 is 1.18 bits per heavy atom. The average molecular weight is 564 g/mol. The second-order valence-electron chi connectivity index (χ2n) is 8.34. The molecule has 1 aromatic carbocycles. The molecule has 33 heavy (non-hydrogen) atoms. The summed E-state index contributed by atoms with van der Waals surface area (Å²) in [6.07, 6.45) is 6.97. The first-order chi connectivity index (χ1) is 15.5. The molecule has 180 valence electrons. The van der Waals surface area contributed by atoms with E-state index in [-0.39, 0.29) is 30.0 Å². The van der Waals surface area contributed by atoms with Crippen molar-refractivity contribution in [3.8, 4) is 0 Å². The topological polar surface area (TPSA) is 72.1 Å². The summed E-state index contributed by atoms with van der Waals surface area (Å²) in [7, 11) is 2.00. The summed E-state index contributed by atoms with van der Waals surface area (Å²) in [5.74, 6) is 1.81. The fourth-order valence-electron chi connectivity index (χ4n) is 3.97. The van der Waals surface area contributed by atoms with Crippen molar-refractivity contribution >= 4 is 29.9 Å². The lowest BCUT2D eigenvalue weighted by molar-refractivity contribution is 0.606. The van der Waals surface area contributed by atoms with Gasteiger partial charge in [0.15, 0.2) is 5.96 Å². The van der Waals surface area contributed by atoms with Crippen LogP contribution in [0.3, 0.4) is 0 Å². The van der Waals surface area contributed by atoms with Gasteiger partial charge in [-0.25, -0.2) is 9.98 Å². The Hall–Kier alpha value is -2.36. The fraction of sp³-hybridized carbons (Fsp3) is 0.480. The molecule has 0 aliphatic heterocycles. The quantitative estimate of drug-likeness (QED) is 0.221. The zero-order valence-corrected chi connectivity index (χ0v) is 22.8. The number of aromatic nitrogens is 4. The van der Waals surface area contributed by atoms with Crippen LogP contribution in [0.25, 0.3) is 0 Å². The van der Waals surface area contributed by atoms with E-state index in [1.807, 2.05) is 24.1 Å². The molecule has 0 amide bonds. The van der Waals surface area contributed by atoms with Gasteiger partial charge in [-0.2, -0.15) is 5.10 Å². The van der Waals surface area contributed by atoms with E-state index in [0.29, 0.717) is 6.54 Å². The van der Waals surface area contributed by atoms with E-state index in [4.69, 9.17) is 4.99 Å². The number of nitrogens with one attached hydrogen (secondary N) is 2. The molecule has 0 fully saturated rings. The Morgan fingerprint density at radius 2 is 1.94 bits per heavy atom. The van der Waals surface area contributed by atoms with Gasteiger partial charge >= 0.3 is 0 Å². The minimum atomic E-state index is 0. The normalized spacial score (nSPS) is 12.3. The zero-order valence-electron chi connectivity index (χ0n) is 20.5. The second kappa shape index (κ2) is 13.4. The number of rotatable bonds is 10. The van der Waals surface area contributed by atoms with Crippen LogP contribution in [0.4, 0.5) is 0 Å². The third-order valence-electron chi connectivity index (χ3n) is 5.78. The van der Waals surface area contributed by atoms with Crippen molar-refractivity contribution in [2.45, 2.75) is 66.1 Å². The standard InChI is InChI=1S/C25H37N7.HI/c1-6-26-25(29-19(2)17-23-20(3)30-31(5)21(23)4)28-18-24-27-14-16-32(24)15-10-13-22-11-8-7-9-12-22;/h7-9,11-12,14,16,19H,6,10,13,15,17-18H2,1-5H3,(H2,26,28,29);1H. The maximum Gasteiger partial charge on any atom is 0.191 e. The van der Waals surface area contributed by atoms with Crippen molar-refractivity contribution in [1.29, 1.82) is 0 Å². The fourth-order valence-corrected chi connectivity index (χ4v) is 3.97. The van der Waals surface area contributed by atoms with E-state index in [9.17, 15) is 0 Å². The molecule has 1 unspecified atom stereocenters. The number of aliphatic imine (C=N–C) groups is 1. The number of halogens is 1. The highest BCUT2D eigenvalue weighted by atomic mass is 127. The number of hydrogen-bond donors (Lipinski definition) is 2. The smallest absolute Gasteiger partial charge is 0.191 e. The van der Waals surface area contributed by atoms with Crippen molar-refractivity contribution in [2.75, 3.05) is 6.54 Å². The molecule has 0 spiro atoms. The predicted octanol–water partition coefficient (Wildman–Crippen LogP) is 4.17. The third kappa shape index (κ3) is 7.87. The minimum Gasteiger partial charge on any atom is -0.357 e. The van der Waals surface area contributed by atoms with E-state index in [1.165, 1.54) is 16.8 Å². The van der Waals surface area contributed by atoms with Crippen molar-refractivity contribution in [1.82, 2.24) is 30.0 Å². The molecule has 8 heteroatoms. The van der Waals surface area contributed by atoms with Gasteiger partial charge in [-0.3, -0.25) is 4.68 Å². The molecule has 3 rings (SSSR count). The molecule has 2 N–H and O–H groups in total. The van der Waals surface area contributed by atoms with Crippen molar-refractivity contribution in [3.63, 3.8) is 0 Å². The second-order valence-corrected chi connectivity index (χ2v) is 8.34. The molecule has 0 saturated carbocycles. The predicted molar refractivity (Wildman–Crippen MR) is 146 cm³/mol. The van der Waals surface area contributed by atoms with Crippen LogP contribution < -0.4 is 10.6 Å². The van der Waals surface area contributed by atoms with Crippen LogP contribution in [-0.2, 0) is 33.0 Å². The molecule has 2 heterocycles. The Balaban J connectivity index is 0.00000385. The maximum atomic E-state index is 4.80. The molecule has 0 saturated heterocycles. The third-order valence-corrected chi connectivity index (χ3v) is 5.78. The first kappa shape index (κ1) is 26.9. The molecule has 7 nitrogen and oxygen atoms in total. The van der Waals surface area contributed by atoms with Gasteiger partial charge in [-0.05, 0) is 58.1 Å². The van der Waals surface area contributed by atoms with Gasteiger partial charge in [-0.1, -0.05) is 30.3 Å². The highest BCUT2D eigenvalue weighted by molar-refractivity contribution is 14.0. The van der Waals surface area contributed by atoms with Gasteiger partial charge in [0, 0.05) is 44.3 Å². The summed E-state index contributed by atoms with van der Waals surface area (Å²) in [6, 6.07) is 10.9. The summed E-state index contributed by atoms with van der Waals surface area (Å²) < 4.78 is 4.16. The molecule has 2 aromatic heterocycles. The number of nitrogens with zero attached hydrogens (tertiary/aromatic N) is 5. The minimum absolute atomic E-state index is 0. The summed E-state index contributed by atoms with van der Waals surface area (Å²) in [5, 5.41) is 11.4. The van der Waals surface area contributed by atoms with Crippen molar-refractivity contribution < 1.29 is 0 Å².